The first-order valence-corrected chi connectivity index (χ1v) is 6.97. The van der Waals surface area contributed by atoms with Crippen molar-refractivity contribution in [3.63, 3.8) is 0 Å². The molecule has 0 aliphatic carbocycles. The molecule has 0 aromatic heterocycles. The summed E-state index contributed by atoms with van der Waals surface area (Å²) in [5.41, 5.74) is -0.142. The average Bonchev–Trinajstić information content (AvgIpc) is 2.46. The fourth-order valence-electron chi connectivity index (χ4n) is 2.06. The molecule has 1 rings (SSSR count). The van der Waals surface area contributed by atoms with E-state index in [2.05, 4.69) is 5.32 Å². The van der Waals surface area contributed by atoms with Gasteiger partial charge in [0.25, 0.3) is 0 Å². The fraction of sp³-hybridized carbons (Fsp3) is 0.500. The summed E-state index contributed by atoms with van der Waals surface area (Å²) >= 11 is 0. The van der Waals surface area contributed by atoms with Gasteiger partial charge in [-0.15, -0.1) is 0 Å². The molecule has 1 aromatic carbocycles. The molecule has 4 nitrogen and oxygen atoms in total. The van der Waals surface area contributed by atoms with Crippen molar-refractivity contribution in [3.05, 3.63) is 35.6 Å². The summed E-state index contributed by atoms with van der Waals surface area (Å²) in [6.45, 7) is 5.33. The van der Waals surface area contributed by atoms with Crippen LogP contribution in [0.4, 0.5) is 4.39 Å². The Kier molecular flexibility index (Phi) is 5.88. The molecule has 1 amide bonds. The first-order chi connectivity index (χ1) is 9.82. The summed E-state index contributed by atoms with van der Waals surface area (Å²) in [5, 5.41) is 2.72. The zero-order valence-corrected chi connectivity index (χ0v) is 12.9. The van der Waals surface area contributed by atoms with Gasteiger partial charge in [0.2, 0.25) is 5.91 Å². The van der Waals surface area contributed by atoms with E-state index >= 15 is 0 Å². The van der Waals surface area contributed by atoms with Gasteiger partial charge < -0.3 is 10.1 Å². The second kappa shape index (κ2) is 7.20. The van der Waals surface area contributed by atoms with Gasteiger partial charge in [-0.1, -0.05) is 26.0 Å². The lowest BCUT2D eigenvalue weighted by Gasteiger charge is -2.27. The molecule has 0 bridgehead atoms. The third-order valence-corrected chi connectivity index (χ3v) is 3.69. The highest BCUT2D eigenvalue weighted by Crippen LogP contribution is 2.20. The zero-order valence-electron chi connectivity index (χ0n) is 12.9. The maximum absolute atomic E-state index is 12.9. The highest BCUT2D eigenvalue weighted by molar-refractivity contribution is 5.87. The van der Waals surface area contributed by atoms with Gasteiger partial charge in [0.15, 0.2) is 0 Å². The molecule has 0 saturated carbocycles. The normalized spacial score (nSPS) is 14.9. The van der Waals surface area contributed by atoms with Crippen LogP contribution in [0.5, 0.6) is 0 Å². The quantitative estimate of drug-likeness (QED) is 0.821. The molecule has 0 aliphatic rings. The SMILES string of the molecule is CCC(C)(NC(=O)CC(C)c1ccc(F)cc1)C(=O)OC. The highest BCUT2D eigenvalue weighted by Gasteiger charge is 2.34. The molecule has 116 valence electrons. The monoisotopic (exact) mass is 295 g/mol. The van der Waals surface area contributed by atoms with Crippen molar-refractivity contribution in [2.24, 2.45) is 0 Å². The zero-order chi connectivity index (χ0) is 16.0. The standard InChI is InChI=1S/C16H22FNO3/c1-5-16(3,15(20)21-4)18-14(19)10-11(2)12-6-8-13(17)9-7-12/h6-9,11H,5,10H2,1-4H3,(H,18,19). The Hall–Kier alpha value is -1.91. The van der Waals surface area contributed by atoms with Crippen molar-refractivity contribution in [3.8, 4) is 0 Å². The Balaban J connectivity index is 2.68. The third-order valence-electron chi connectivity index (χ3n) is 3.69. The van der Waals surface area contributed by atoms with E-state index in [0.29, 0.717) is 6.42 Å². The molecule has 0 spiro atoms. The van der Waals surface area contributed by atoms with Crippen LogP contribution in [0.2, 0.25) is 0 Å². The van der Waals surface area contributed by atoms with Gasteiger partial charge >= 0.3 is 5.97 Å². The van der Waals surface area contributed by atoms with Gasteiger partial charge in [0.1, 0.15) is 11.4 Å². The lowest BCUT2D eigenvalue weighted by atomic mass is 9.95. The number of carbonyl (C=O) groups is 2. The first kappa shape index (κ1) is 17.1. The van der Waals surface area contributed by atoms with Gasteiger partial charge in [-0.05, 0) is 37.0 Å². The number of halogens is 1. The van der Waals surface area contributed by atoms with E-state index in [4.69, 9.17) is 4.74 Å². The smallest absolute Gasteiger partial charge is 0.331 e. The van der Waals surface area contributed by atoms with Crippen molar-refractivity contribution in [2.75, 3.05) is 7.11 Å². The number of esters is 1. The summed E-state index contributed by atoms with van der Waals surface area (Å²) in [4.78, 5) is 23.8. The van der Waals surface area contributed by atoms with Gasteiger partial charge in [-0.2, -0.15) is 0 Å². The minimum absolute atomic E-state index is 0.0654. The summed E-state index contributed by atoms with van der Waals surface area (Å²) in [7, 11) is 1.30. The predicted molar refractivity (Wildman–Crippen MR) is 78.3 cm³/mol. The van der Waals surface area contributed by atoms with Gasteiger partial charge in [-0.3, -0.25) is 4.79 Å². The number of carbonyl (C=O) groups excluding carboxylic acids is 2. The maximum Gasteiger partial charge on any atom is 0.331 e. The molecule has 5 heteroatoms. The van der Waals surface area contributed by atoms with Gasteiger partial charge in [0, 0.05) is 6.42 Å². The topological polar surface area (TPSA) is 55.4 Å². The first-order valence-electron chi connectivity index (χ1n) is 6.97. The van der Waals surface area contributed by atoms with Crippen molar-refractivity contribution in [1.29, 1.82) is 0 Å². The summed E-state index contributed by atoms with van der Waals surface area (Å²) in [6, 6.07) is 6.06. The van der Waals surface area contributed by atoms with E-state index in [1.165, 1.54) is 19.2 Å². The summed E-state index contributed by atoms with van der Waals surface area (Å²) < 4.78 is 17.6. The minimum Gasteiger partial charge on any atom is -0.467 e. The predicted octanol–water partition coefficient (Wildman–Crippen LogP) is 2.78. The molecule has 0 fully saturated rings. The molecule has 0 saturated heterocycles. The highest BCUT2D eigenvalue weighted by atomic mass is 19.1. The molecule has 21 heavy (non-hydrogen) atoms. The number of nitrogens with one attached hydrogen (secondary N) is 1. The van der Waals surface area contributed by atoms with Crippen LogP contribution in [0, 0.1) is 5.82 Å². The van der Waals surface area contributed by atoms with E-state index in [0.717, 1.165) is 5.56 Å². The number of benzene rings is 1. The van der Waals surface area contributed by atoms with Crippen molar-refractivity contribution >= 4 is 11.9 Å². The van der Waals surface area contributed by atoms with E-state index in [1.54, 1.807) is 26.0 Å². The van der Waals surface area contributed by atoms with E-state index in [1.807, 2.05) is 6.92 Å². The van der Waals surface area contributed by atoms with Crippen LogP contribution in [0.15, 0.2) is 24.3 Å². The molecule has 0 aliphatic heterocycles. The number of methoxy groups -OCH3 is 1. The van der Waals surface area contributed by atoms with Gasteiger partial charge in [0.05, 0.1) is 7.11 Å². The molecular weight excluding hydrogens is 273 g/mol. The molecule has 2 atom stereocenters. The lowest BCUT2D eigenvalue weighted by Crippen LogP contribution is -2.52. The van der Waals surface area contributed by atoms with E-state index in [9.17, 15) is 14.0 Å². The molecule has 1 N–H and O–H groups in total. The average molecular weight is 295 g/mol. The van der Waals surface area contributed by atoms with E-state index in [-0.39, 0.29) is 24.1 Å². The molecule has 0 radical (unpaired) electrons. The third kappa shape index (κ3) is 4.55. The summed E-state index contributed by atoms with van der Waals surface area (Å²) in [5.74, 6) is -1.07. The van der Waals surface area contributed by atoms with Crippen LogP contribution in [-0.2, 0) is 14.3 Å². The molecule has 0 heterocycles. The Bertz CT molecular complexity index is 501. The van der Waals surface area contributed by atoms with Crippen LogP contribution >= 0.6 is 0 Å². The van der Waals surface area contributed by atoms with Gasteiger partial charge in [-0.25, -0.2) is 9.18 Å². The maximum atomic E-state index is 12.9. The minimum atomic E-state index is -1.02. The number of hydrogen-bond acceptors (Lipinski definition) is 3. The van der Waals surface area contributed by atoms with Crippen molar-refractivity contribution < 1.29 is 18.7 Å². The number of amides is 1. The Morgan fingerprint density at radius 3 is 2.38 bits per heavy atom. The van der Waals surface area contributed by atoms with Crippen LogP contribution in [-0.4, -0.2) is 24.5 Å². The molecule has 2 unspecified atom stereocenters. The Morgan fingerprint density at radius 1 is 1.33 bits per heavy atom. The molecular formula is C16H22FNO3. The second-order valence-electron chi connectivity index (χ2n) is 5.38. The van der Waals surface area contributed by atoms with Crippen molar-refractivity contribution in [2.45, 2.75) is 45.1 Å². The Morgan fingerprint density at radius 2 is 1.90 bits per heavy atom. The van der Waals surface area contributed by atoms with Crippen LogP contribution < -0.4 is 5.32 Å². The lowest BCUT2D eigenvalue weighted by molar-refractivity contribution is -0.150. The van der Waals surface area contributed by atoms with E-state index < -0.39 is 11.5 Å². The molecule has 1 aromatic rings. The number of ether oxygens (including phenoxy) is 1. The second-order valence-corrected chi connectivity index (χ2v) is 5.38. The number of hydrogen-bond donors (Lipinski definition) is 1. The Labute approximate surface area is 124 Å². The van der Waals surface area contributed by atoms with Crippen LogP contribution in [0.3, 0.4) is 0 Å². The van der Waals surface area contributed by atoms with Crippen LogP contribution in [0.1, 0.15) is 45.1 Å². The number of rotatable bonds is 6. The summed E-state index contributed by atoms with van der Waals surface area (Å²) in [6.07, 6.45) is 0.661. The fourth-order valence-corrected chi connectivity index (χ4v) is 2.06. The van der Waals surface area contributed by atoms with Crippen LogP contribution in [0.25, 0.3) is 0 Å². The largest absolute Gasteiger partial charge is 0.467 e. The van der Waals surface area contributed by atoms with Crippen molar-refractivity contribution in [1.82, 2.24) is 5.32 Å².